The number of aryl methyl sites for hydroxylation is 1. The van der Waals surface area contributed by atoms with Crippen LogP contribution in [0.3, 0.4) is 0 Å². The molecule has 0 spiro atoms. The number of aromatic amines is 1. The molecule has 1 unspecified atom stereocenters. The van der Waals surface area contributed by atoms with Gasteiger partial charge in [0, 0.05) is 35.2 Å². The average molecular weight is 688 g/mol. The van der Waals surface area contributed by atoms with Crippen molar-refractivity contribution in [3.05, 3.63) is 84.1 Å². The third-order valence-electron chi connectivity index (χ3n) is 7.07. The van der Waals surface area contributed by atoms with Crippen LogP contribution in [0, 0.1) is 12.8 Å². The van der Waals surface area contributed by atoms with E-state index in [4.69, 9.17) is 49.3 Å². The summed E-state index contributed by atoms with van der Waals surface area (Å²) in [6.45, 7) is 8.09. The van der Waals surface area contributed by atoms with Crippen LogP contribution in [0.15, 0.2) is 41.2 Å². The number of amides is 1. The third-order valence-corrected chi connectivity index (χ3v) is 7.87. The molecule has 0 aliphatic rings. The largest absolute Gasteiger partial charge is 0.497 e. The number of carbonyl (C=O) groups excluding carboxylic acids is 1. The maximum Gasteiger partial charge on any atom is 0.280 e. The Bertz CT molecular complexity index is 1980. The molecule has 5 rings (SSSR count). The van der Waals surface area contributed by atoms with E-state index in [-0.39, 0.29) is 45.8 Å². The van der Waals surface area contributed by atoms with Crippen LogP contribution in [-0.4, -0.2) is 55.9 Å². The zero-order valence-electron chi connectivity index (χ0n) is 25.8. The summed E-state index contributed by atoms with van der Waals surface area (Å²) in [4.78, 5) is 30.9. The first-order valence-corrected chi connectivity index (χ1v) is 15.6. The predicted octanol–water partition coefficient (Wildman–Crippen LogP) is 5.14. The molecule has 5 aromatic rings. The number of H-pyrrole nitrogens is 1. The van der Waals surface area contributed by atoms with Crippen molar-refractivity contribution in [1.82, 2.24) is 34.9 Å². The van der Waals surface area contributed by atoms with E-state index in [0.29, 0.717) is 57.7 Å². The highest BCUT2D eigenvalue weighted by molar-refractivity contribution is 6.40. The fourth-order valence-electron chi connectivity index (χ4n) is 4.75. The van der Waals surface area contributed by atoms with Crippen LogP contribution >= 0.6 is 34.8 Å². The molecule has 3 N–H and O–H groups in total. The quantitative estimate of drug-likeness (QED) is 0.153. The van der Waals surface area contributed by atoms with E-state index >= 15 is 0 Å². The van der Waals surface area contributed by atoms with Crippen LogP contribution < -0.4 is 30.9 Å². The lowest BCUT2D eigenvalue weighted by molar-refractivity contribution is -0.121. The summed E-state index contributed by atoms with van der Waals surface area (Å²) in [6.07, 6.45) is 2.12. The Morgan fingerprint density at radius 2 is 1.80 bits per heavy atom. The molecule has 12 nitrogen and oxygen atoms in total. The standard InChI is InChI=1S/C31H33Cl3N8O4/c1-16(2)9-26(43)35-14-17(3)28-37-30-22(18(4)38-42(30)40-28)13-23-29(36-15-46-21-8-6-7-20(12-21)45-5)39-41(31(23)44)27-24(33)10-19(32)11-25(27)34/h6-8,10-13,16-17,36,39H,9,14-15H2,1-5H3,(H,35,43)/b22-13-. The number of nitrogens with one attached hydrogen (secondary N) is 3. The van der Waals surface area contributed by atoms with Gasteiger partial charge in [-0.1, -0.05) is 61.6 Å². The molecular formula is C31H33Cl3N8O4. The van der Waals surface area contributed by atoms with Gasteiger partial charge >= 0.3 is 0 Å². The zero-order chi connectivity index (χ0) is 33.1. The van der Waals surface area contributed by atoms with Gasteiger partial charge in [-0.3, -0.25) is 14.7 Å². The molecular weight excluding hydrogens is 655 g/mol. The van der Waals surface area contributed by atoms with Gasteiger partial charge in [0.1, 0.15) is 23.0 Å². The molecule has 0 aliphatic carbocycles. The maximum absolute atomic E-state index is 14.0. The van der Waals surface area contributed by atoms with Crippen LogP contribution in [0.25, 0.3) is 17.4 Å². The molecule has 0 saturated heterocycles. The fraction of sp³-hybridized carbons (Fsp3) is 0.323. The van der Waals surface area contributed by atoms with Crippen molar-refractivity contribution in [2.24, 2.45) is 5.92 Å². The number of hydrogen-bond donors (Lipinski definition) is 3. The van der Waals surface area contributed by atoms with E-state index in [1.54, 1.807) is 44.4 Å². The van der Waals surface area contributed by atoms with Crippen molar-refractivity contribution in [3.8, 4) is 17.2 Å². The van der Waals surface area contributed by atoms with E-state index in [9.17, 15) is 9.59 Å². The van der Waals surface area contributed by atoms with Gasteiger partial charge in [0.25, 0.3) is 5.56 Å². The van der Waals surface area contributed by atoms with Crippen LogP contribution in [0.5, 0.6) is 11.5 Å². The van der Waals surface area contributed by atoms with E-state index in [1.165, 1.54) is 21.4 Å². The molecule has 0 aliphatic heterocycles. The monoisotopic (exact) mass is 686 g/mol. The molecule has 3 heterocycles. The zero-order valence-corrected chi connectivity index (χ0v) is 28.1. The Kier molecular flexibility index (Phi) is 10.1. The van der Waals surface area contributed by atoms with Crippen molar-refractivity contribution in [2.45, 2.75) is 40.0 Å². The highest BCUT2D eigenvalue weighted by Gasteiger charge is 2.21. The second-order valence-corrected chi connectivity index (χ2v) is 12.4. The van der Waals surface area contributed by atoms with Crippen LogP contribution in [-0.2, 0) is 4.79 Å². The van der Waals surface area contributed by atoms with Crippen LogP contribution in [0.4, 0.5) is 5.82 Å². The van der Waals surface area contributed by atoms with Crippen molar-refractivity contribution >= 4 is 58.3 Å². The van der Waals surface area contributed by atoms with E-state index in [1.807, 2.05) is 20.8 Å². The normalized spacial score (nSPS) is 12.6. The molecule has 0 radical (unpaired) electrons. The lowest BCUT2D eigenvalue weighted by Crippen LogP contribution is -2.28. The molecule has 2 aromatic carbocycles. The molecule has 0 fully saturated rings. The SMILES string of the molecule is COc1cccc(OCNc2[nH]n(-c3c(Cl)cc(Cl)cc3Cl)c(=O)c2/C=c2/c(C)nn3nc(C(C)CNC(=O)CC(C)C)nc23)c1. The molecule has 46 heavy (non-hydrogen) atoms. The molecule has 15 heteroatoms. The number of anilines is 1. The molecule has 0 saturated carbocycles. The molecule has 3 aromatic heterocycles. The Hall–Kier alpha value is -4.26. The summed E-state index contributed by atoms with van der Waals surface area (Å²) in [5.41, 5.74) is 1.09. The van der Waals surface area contributed by atoms with Gasteiger partial charge in [-0.15, -0.1) is 9.73 Å². The Balaban J connectivity index is 1.53. The summed E-state index contributed by atoms with van der Waals surface area (Å²) in [6, 6.07) is 10.1. The van der Waals surface area contributed by atoms with Gasteiger partial charge in [0.2, 0.25) is 5.91 Å². The molecule has 0 bridgehead atoms. The third kappa shape index (κ3) is 7.24. The number of nitrogens with zero attached hydrogens (tertiary/aromatic N) is 5. The number of hydrogen-bond acceptors (Lipinski definition) is 8. The number of halogens is 3. The maximum atomic E-state index is 14.0. The predicted molar refractivity (Wildman–Crippen MR) is 179 cm³/mol. The lowest BCUT2D eigenvalue weighted by Gasteiger charge is -2.10. The summed E-state index contributed by atoms with van der Waals surface area (Å²) in [7, 11) is 1.57. The number of fused-ring (bicyclic) bond motifs is 1. The van der Waals surface area contributed by atoms with Crippen LogP contribution in [0.1, 0.15) is 50.2 Å². The second kappa shape index (κ2) is 14.0. The first kappa shape index (κ1) is 33.1. The van der Waals surface area contributed by atoms with Gasteiger partial charge in [-0.25, -0.2) is 9.67 Å². The molecule has 1 atom stereocenters. The Labute approximate surface area is 279 Å². The number of methoxy groups -OCH3 is 1. The van der Waals surface area contributed by atoms with E-state index < -0.39 is 5.56 Å². The number of rotatable bonds is 12. The van der Waals surface area contributed by atoms with Crippen LogP contribution in [0.2, 0.25) is 15.1 Å². The summed E-state index contributed by atoms with van der Waals surface area (Å²) in [5.74, 6) is 2.10. The van der Waals surface area contributed by atoms with Gasteiger partial charge in [0.15, 0.2) is 18.2 Å². The van der Waals surface area contributed by atoms with Crippen molar-refractivity contribution < 1.29 is 14.3 Å². The van der Waals surface area contributed by atoms with Gasteiger partial charge in [0.05, 0.1) is 28.4 Å². The van der Waals surface area contributed by atoms with Gasteiger partial charge < -0.3 is 20.1 Å². The summed E-state index contributed by atoms with van der Waals surface area (Å²) in [5, 5.41) is 19.5. The highest BCUT2D eigenvalue weighted by atomic mass is 35.5. The molecule has 1 amide bonds. The van der Waals surface area contributed by atoms with Crippen molar-refractivity contribution in [3.63, 3.8) is 0 Å². The topological polar surface area (TPSA) is 140 Å². The number of benzene rings is 2. The van der Waals surface area contributed by atoms with Gasteiger partial charge in [-0.2, -0.15) is 5.10 Å². The first-order chi connectivity index (χ1) is 21.9. The van der Waals surface area contributed by atoms with E-state index in [0.717, 1.165) is 0 Å². The second-order valence-electron chi connectivity index (χ2n) is 11.1. The Morgan fingerprint density at radius 1 is 1.09 bits per heavy atom. The summed E-state index contributed by atoms with van der Waals surface area (Å²) < 4.78 is 13.8. The molecule has 242 valence electrons. The smallest absolute Gasteiger partial charge is 0.280 e. The minimum Gasteiger partial charge on any atom is -0.497 e. The highest BCUT2D eigenvalue weighted by Crippen LogP contribution is 2.32. The number of aromatic nitrogens is 6. The number of carbonyl (C=O) groups is 1. The lowest BCUT2D eigenvalue weighted by atomic mass is 10.1. The minimum atomic E-state index is -0.449. The first-order valence-electron chi connectivity index (χ1n) is 14.5. The Morgan fingerprint density at radius 3 is 2.50 bits per heavy atom. The average Bonchev–Trinajstić information content (AvgIpc) is 3.63. The summed E-state index contributed by atoms with van der Waals surface area (Å²) >= 11 is 19.1. The van der Waals surface area contributed by atoms with Crippen molar-refractivity contribution in [1.29, 1.82) is 0 Å². The minimum absolute atomic E-state index is 0.00117. The van der Waals surface area contributed by atoms with Crippen molar-refractivity contribution in [2.75, 3.05) is 25.7 Å². The van der Waals surface area contributed by atoms with Gasteiger partial charge in [-0.05, 0) is 43.2 Å². The fourth-order valence-corrected chi connectivity index (χ4v) is 5.73. The van der Waals surface area contributed by atoms with E-state index in [2.05, 4.69) is 25.9 Å². The number of ether oxygens (including phenoxy) is 2.